The van der Waals surface area contributed by atoms with Crippen LogP contribution in [0.5, 0.6) is 11.5 Å². The number of ether oxygens (including phenoxy) is 2. The molecule has 0 radical (unpaired) electrons. The summed E-state index contributed by atoms with van der Waals surface area (Å²) in [6.45, 7) is 1.13. The van der Waals surface area contributed by atoms with Gasteiger partial charge in [-0.3, -0.25) is 9.69 Å². The molecule has 2 aliphatic rings. The van der Waals surface area contributed by atoms with Gasteiger partial charge in [-0.1, -0.05) is 17.7 Å². The lowest BCUT2D eigenvalue weighted by Crippen LogP contribution is -2.42. The number of nitrogens with one attached hydrogen (secondary N) is 2. The highest BCUT2D eigenvalue weighted by Gasteiger charge is 2.36. The van der Waals surface area contributed by atoms with E-state index in [1.165, 1.54) is 19.5 Å². The Kier molecular flexibility index (Phi) is 6.26. The van der Waals surface area contributed by atoms with Crippen molar-refractivity contribution >= 4 is 39.9 Å². The number of hydrogen-bond acceptors (Lipinski definition) is 7. The summed E-state index contributed by atoms with van der Waals surface area (Å²) in [6, 6.07) is 7.73. The van der Waals surface area contributed by atoms with E-state index in [0.717, 1.165) is 12.8 Å². The van der Waals surface area contributed by atoms with Crippen molar-refractivity contribution in [2.24, 2.45) is 5.92 Å². The Morgan fingerprint density at radius 1 is 1.31 bits per heavy atom. The SMILES string of the molecule is [2H]CN1C[C@@H](Oc2cc3c(Nc4cccc(Cl)c4F)ncnc3cc2OC)C[C@H]1C(=O)NCC1CC1. The summed E-state index contributed by atoms with van der Waals surface area (Å²) in [5.74, 6) is 1.24. The highest BCUT2D eigenvalue weighted by Crippen LogP contribution is 2.37. The van der Waals surface area contributed by atoms with Crippen LogP contribution in [0.2, 0.25) is 5.02 Å². The van der Waals surface area contributed by atoms with Gasteiger partial charge in [0.25, 0.3) is 0 Å². The zero-order valence-electron chi connectivity index (χ0n) is 20.3. The number of rotatable bonds is 8. The Labute approximate surface area is 209 Å². The molecule has 10 heteroatoms. The summed E-state index contributed by atoms with van der Waals surface area (Å²) >= 11 is 5.92. The molecule has 8 nitrogen and oxygen atoms in total. The molecule has 1 saturated carbocycles. The molecule has 1 aliphatic heterocycles. The van der Waals surface area contributed by atoms with E-state index in [9.17, 15) is 9.18 Å². The maximum atomic E-state index is 14.5. The van der Waals surface area contributed by atoms with E-state index in [-0.39, 0.29) is 29.7 Å². The third-order valence-corrected chi connectivity index (χ3v) is 6.64. The molecule has 184 valence electrons. The smallest absolute Gasteiger partial charge is 0.237 e. The van der Waals surface area contributed by atoms with E-state index >= 15 is 0 Å². The molecule has 0 bridgehead atoms. The molecule has 2 atom stereocenters. The molecule has 2 N–H and O–H groups in total. The number of likely N-dealkylation sites (tertiary alicyclic amines) is 1. The third-order valence-electron chi connectivity index (χ3n) is 6.35. The number of carbonyl (C=O) groups is 1. The van der Waals surface area contributed by atoms with E-state index < -0.39 is 11.9 Å². The van der Waals surface area contributed by atoms with Crippen molar-refractivity contribution in [1.29, 1.82) is 0 Å². The number of nitrogens with zero attached hydrogens (tertiary/aromatic N) is 3. The van der Waals surface area contributed by atoms with Gasteiger partial charge < -0.3 is 20.1 Å². The van der Waals surface area contributed by atoms with Crippen LogP contribution in [0.3, 0.4) is 0 Å². The van der Waals surface area contributed by atoms with Gasteiger partial charge in [0.2, 0.25) is 5.91 Å². The lowest BCUT2D eigenvalue weighted by Gasteiger charge is -2.18. The molecule has 1 aromatic heterocycles. The third kappa shape index (κ3) is 5.11. The quantitative estimate of drug-likeness (QED) is 0.480. The molecule has 1 aliphatic carbocycles. The van der Waals surface area contributed by atoms with Crippen molar-refractivity contribution in [1.82, 2.24) is 20.2 Å². The zero-order valence-corrected chi connectivity index (χ0v) is 20.0. The summed E-state index contributed by atoms with van der Waals surface area (Å²) in [6.07, 6.45) is 3.84. The van der Waals surface area contributed by atoms with Gasteiger partial charge in [-0.25, -0.2) is 14.4 Å². The van der Waals surface area contributed by atoms with E-state index in [1.807, 2.05) is 0 Å². The molecule has 2 fully saturated rings. The summed E-state index contributed by atoms with van der Waals surface area (Å²) < 4.78 is 34.2. The average Bonchev–Trinajstić information content (AvgIpc) is 3.63. The fourth-order valence-electron chi connectivity index (χ4n) is 4.23. The van der Waals surface area contributed by atoms with Crippen LogP contribution in [-0.4, -0.2) is 60.1 Å². The van der Waals surface area contributed by atoms with Crippen LogP contribution in [0, 0.1) is 11.7 Å². The van der Waals surface area contributed by atoms with Crippen LogP contribution < -0.4 is 20.1 Å². The van der Waals surface area contributed by atoms with Gasteiger partial charge in [0.1, 0.15) is 18.2 Å². The van der Waals surface area contributed by atoms with E-state index in [0.29, 0.717) is 53.6 Å². The molecular formula is C25H27ClFN5O3. The van der Waals surface area contributed by atoms with Crippen molar-refractivity contribution in [2.45, 2.75) is 31.4 Å². The molecular weight excluding hydrogens is 473 g/mol. The molecule has 2 aromatic carbocycles. The van der Waals surface area contributed by atoms with E-state index in [2.05, 4.69) is 20.6 Å². The van der Waals surface area contributed by atoms with Crippen LogP contribution >= 0.6 is 11.6 Å². The van der Waals surface area contributed by atoms with Gasteiger partial charge in [-0.05, 0) is 44.0 Å². The minimum absolute atomic E-state index is 0.0000400. The van der Waals surface area contributed by atoms with Crippen LogP contribution in [0.15, 0.2) is 36.7 Å². The Bertz CT molecular complexity index is 1280. The predicted molar refractivity (Wildman–Crippen MR) is 132 cm³/mol. The van der Waals surface area contributed by atoms with Gasteiger partial charge >= 0.3 is 0 Å². The number of anilines is 2. The largest absolute Gasteiger partial charge is 0.493 e. The minimum atomic E-state index is -0.580. The summed E-state index contributed by atoms with van der Waals surface area (Å²) in [5, 5.41) is 6.60. The van der Waals surface area contributed by atoms with Crippen molar-refractivity contribution < 1.29 is 20.0 Å². The average molecular weight is 501 g/mol. The molecule has 2 heterocycles. The molecule has 35 heavy (non-hydrogen) atoms. The second kappa shape index (κ2) is 9.83. The van der Waals surface area contributed by atoms with Crippen LogP contribution in [0.4, 0.5) is 15.9 Å². The van der Waals surface area contributed by atoms with Crippen molar-refractivity contribution in [3.05, 3.63) is 47.5 Å². The van der Waals surface area contributed by atoms with Crippen molar-refractivity contribution in [3.8, 4) is 11.5 Å². The summed E-state index contributed by atoms with van der Waals surface area (Å²) in [4.78, 5) is 23.1. The zero-order chi connectivity index (χ0) is 25.2. The fraction of sp³-hybridized carbons (Fsp3) is 0.400. The highest BCUT2D eigenvalue weighted by molar-refractivity contribution is 6.31. The Morgan fingerprint density at radius 2 is 2.17 bits per heavy atom. The van der Waals surface area contributed by atoms with Crippen LogP contribution in [-0.2, 0) is 4.79 Å². The monoisotopic (exact) mass is 500 g/mol. The van der Waals surface area contributed by atoms with Gasteiger partial charge in [0.05, 0.1) is 29.4 Å². The number of hydrogen-bond donors (Lipinski definition) is 2. The van der Waals surface area contributed by atoms with E-state index in [4.69, 9.17) is 22.4 Å². The Morgan fingerprint density at radius 3 is 2.94 bits per heavy atom. The number of benzene rings is 2. The van der Waals surface area contributed by atoms with Gasteiger partial charge in [-0.2, -0.15) is 0 Å². The first-order valence-corrected chi connectivity index (χ1v) is 11.9. The van der Waals surface area contributed by atoms with Gasteiger partial charge in [0, 0.05) is 32.3 Å². The summed E-state index contributed by atoms with van der Waals surface area (Å²) in [5.41, 5.74) is 0.762. The number of halogens is 2. The lowest BCUT2D eigenvalue weighted by molar-refractivity contribution is -0.125. The Hall–Kier alpha value is -3.17. The standard InChI is InChI=1S/C25H27ClFN5O3/c1-32-12-15(8-20(32)25(33)28-11-14-6-7-14)35-22-9-16-19(10-21(22)34-2)29-13-30-24(16)31-18-5-3-4-17(26)23(18)27/h3-5,9-10,13-15,20H,6-8,11-12H2,1-2H3,(H,28,33)(H,29,30,31)/t15-,20-/m0/s1/i1D. The molecule has 1 saturated heterocycles. The van der Waals surface area contributed by atoms with Gasteiger partial charge in [-0.15, -0.1) is 0 Å². The van der Waals surface area contributed by atoms with Crippen molar-refractivity contribution in [2.75, 3.05) is 32.5 Å². The van der Waals surface area contributed by atoms with Crippen LogP contribution in [0.1, 0.15) is 20.6 Å². The molecule has 5 rings (SSSR count). The number of likely N-dealkylation sites (N-methyl/N-ethyl adjacent to an activating group) is 1. The van der Waals surface area contributed by atoms with Gasteiger partial charge in [0.15, 0.2) is 17.3 Å². The predicted octanol–water partition coefficient (Wildman–Crippen LogP) is 4.15. The number of fused-ring (bicyclic) bond motifs is 1. The van der Waals surface area contributed by atoms with Crippen LogP contribution in [0.25, 0.3) is 10.9 Å². The molecule has 0 unspecified atom stereocenters. The first-order valence-electron chi connectivity index (χ1n) is 12.2. The lowest BCUT2D eigenvalue weighted by atomic mass is 10.1. The van der Waals surface area contributed by atoms with Crippen molar-refractivity contribution in [3.63, 3.8) is 0 Å². The molecule has 3 aromatic rings. The summed E-state index contributed by atoms with van der Waals surface area (Å²) in [7, 11) is 1.54. The maximum absolute atomic E-state index is 14.5. The number of amides is 1. The first kappa shape index (κ1) is 22.3. The normalized spacial score (nSPS) is 20.5. The molecule has 0 spiro atoms. The maximum Gasteiger partial charge on any atom is 0.237 e. The number of carbonyl (C=O) groups excluding carboxylic acids is 1. The Balaban J connectivity index is 1.39. The number of methoxy groups -OCH3 is 1. The van der Waals surface area contributed by atoms with E-state index in [1.54, 1.807) is 29.2 Å². The second-order valence-electron chi connectivity index (χ2n) is 8.92. The highest BCUT2D eigenvalue weighted by atomic mass is 35.5. The number of aromatic nitrogens is 2. The first-order chi connectivity index (χ1) is 17.5. The minimum Gasteiger partial charge on any atom is -0.493 e. The second-order valence-corrected chi connectivity index (χ2v) is 9.33. The fourth-order valence-corrected chi connectivity index (χ4v) is 4.40. The molecule has 1 amide bonds. The topological polar surface area (TPSA) is 88.6 Å².